The van der Waals surface area contributed by atoms with Crippen LogP contribution in [-0.2, 0) is 6.42 Å². The van der Waals surface area contributed by atoms with E-state index in [4.69, 9.17) is 11.6 Å². The van der Waals surface area contributed by atoms with Gasteiger partial charge in [-0.25, -0.2) is 19.3 Å². The van der Waals surface area contributed by atoms with E-state index < -0.39 is 0 Å². The summed E-state index contributed by atoms with van der Waals surface area (Å²) in [6.07, 6.45) is 6.71. The zero-order valence-corrected chi connectivity index (χ0v) is 19.1. The number of halogens is 2. The maximum Gasteiger partial charge on any atom is 0.274 e. The number of aryl methyl sites for hydroxylation is 2. The molecule has 0 spiro atoms. The number of likely N-dealkylation sites (tertiary alicyclic amines) is 1. The molecule has 1 aliphatic rings. The van der Waals surface area contributed by atoms with Gasteiger partial charge in [0.25, 0.3) is 5.91 Å². The molecule has 1 aromatic carbocycles. The molecule has 1 amide bonds. The third kappa shape index (κ3) is 4.93. The molecule has 5 nitrogen and oxygen atoms in total. The molecule has 4 rings (SSSR count). The van der Waals surface area contributed by atoms with E-state index in [2.05, 4.69) is 21.9 Å². The second kappa shape index (κ2) is 9.40. The number of piperidine rings is 1. The fourth-order valence-corrected chi connectivity index (χ4v) is 5.21. The zero-order chi connectivity index (χ0) is 22.0. The monoisotopic (exact) mass is 458 g/mol. The van der Waals surface area contributed by atoms with Crippen molar-refractivity contribution in [1.82, 2.24) is 19.9 Å². The number of carbonyl (C=O) groups is 1. The molecule has 2 aromatic heterocycles. The zero-order valence-electron chi connectivity index (χ0n) is 17.5. The maximum atomic E-state index is 13.6. The fraction of sp³-hybridized carbons (Fsp3) is 0.391. The Hall–Kier alpha value is -2.38. The Balaban J connectivity index is 1.58. The fourth-order valence-electron chi connectivity index (χ4n) is 4.19. The van der Waals surface area contributed by atoms with E-state index in [0.29, 0.717) is 29.6 Å². The first-order valence-corrected chi connectivity index (χ1v) is 11.6. The summed E-state index contributed by atoms with van der Waals surface area (Å²) in [6, 6.07) is 6.32. The minimum absolute atomic E-state index is 0.0581. The van der Waals surface area contributed by atoms with Crippen molar-refractivity contribution in [3.05, 3.63) is 64.0 Å². The largest absolute Gasteiger partial charge is 0.334 e. The van der Waals surface area contributed by atoms with E-state index in [-0.39, 0.29) is 17.8 Å². The van der Waals surface area contributed by atoms with E-state index in [1.807, 2.05) is 11.8 Å². The Bertz CT molecular complexity index is 1050. The van der Waals surface area contributed by atoms with E-state index in [1.54, 1.807) is 24.5 Å². The topological polar surface area (TPSA) is 59.0 Å². The number of carbonyl (C=O) groups excluding carboxylic acids is 1. The molecular weight excluding hydrogens is 435 g/mol. The number of rotatable bonds is 5. The molecule has 0 radical (unpaired) electrons. The summed E-state index contributed by atoms with van der Waals surface area (Å²) in [7, 11) is 0. The standard InChI is InChI=1S/C23H24ClFN4OS/c1-14-4-3-11-29(19(14)9-10-20-26-12-17(24)13-27-20)23(30)21-22(31-15(2)28-21)16-5-7-18(25)8-6-16/h5-8,12-14,19H,3-4,9-11H2,1-2H3/t14-,19-/m1/s1. The molecule has 0 aliphatic carbocycles. The second-order valence-electron chi connectivity index (χ2n) is 7.96. The van der Waals surface area contributed by atoms with Gasteiger partial charge in [-0.05, 0) is 49.8 Å². The van der Waals surface area contributed by atoms with E-state index >= 15 is 0 Å². The van der Waals surface area contributed by atoms with E-state index in [0.717, 1.165) is 40.5 Å². The van der Waals surface area contributed by atoms with Gasteiger partial charge in [-0.3, -0.25) is 4.79 Å². The molecule has 1 aliphatic heterocycles. The summed E-state index contributed by atoms with van der Waals surface area (Å²) in [5.74, 6) is 0.745. The first kappa shape index (κ1) is 21.8. The minimum Gasteiger partial charge on any atom is -0.334 e. The van der Waals surface area contributed by atoms with Gasteiger partial charge >= 0.3 is 0 Å². The lowest BCUT2D eigenvalue weighted by molar-refractivity contribution is 0.0494. The van der Waals surface area contributed by atoms with Crippen molar-refractivity contribution >= 4 is 28.8 Å². The van der Waals surface area contributed by atoms with Gasteiger partial charge in [-0.2, -0.15) is 0 Å². The van der Waals surface area contributed by atoms with Crippen molar-refractivity contribution in [1.29, 1.82) is 0 Å². The van der Waals surface area contributed by atoms with Crippen LogP contribution in [0.3, 0.4) is 0 Å². The molecule has 31 heavy (non-hydrogen) atoms. The van der Waals surface area contributed by atoms with Crippen molar-refractivity contribution in [2.24, 2.45) is 5.92 Å². The first-order valence-electron chi connectivity index (χ1n) is 10.4. The van der Waals surface area contributed by atoms with E-state index in [1.165, 1.54) is 23.5 Å². The van der Waals surface area contributed by atoms with Gasteiger partial charge in [0.2, 0.25) is 0 Å². The molecule has 0 bridgehead atoms. The van der Waals surface area contributed by atoms with Gasteiger partial charge < -0.3 is 4.90 Å². The SMILES string of the molecule is Cc1nc(C(=O)N2CCC[C@@H](C)[C@H]2CCc2ncc(Cl)cn2)c(-c2ccc(F)cc2)s1. The van der Waals surface area contributed by atoms with Gasteiger partial charge in [0.1, 0.15) is 17.3 Å². The number of aromatic nitrogens is 3. The van der Waals surface area contributed by atoms with Crippen LogP contribution < -0.4 is 0 Å². The second-order valence-corrected chi connectivity index (χ2v) is 9.60. The van der Waals surface area contributed by atoms with E-state index in [9.17, 15) is 9.18 Å². The molecule has 162 valence electrons. The predicted octanol–water partition coefficient (Wildman–Crippen LogP) is 5.57. The average Bonchev–Trinajstić information content (AvgIpc) is 3.15. The number of amides is 1. The summed E-state index contributed by atoms with van der Waals surface area (Å²) in [5.41, 5.74) is 1.27. The highest BCUT2D eigenvalue weighted by atomic mass is 35.5. The van der Waals surface area contributed by atoms with Crippen molar-refractivity contribution in [2.45, 2.75) is 45.6 Å². The maximum absolute atomic E-state index is 13.6. The number of nitrogens with zero attached hydrogens (tertiary/aromatic N) is 4. The lowest BCUT2D eigenvalue weighted by Crippen LogP contribution is -2.48. The van der Waals surface area contributed by atoms with Gasteiger partial charge in [-0.1, -0.05) is 30.7 Å². The summed E-state index contributed by atoms with van der Waals surface area (Å²) < 4.78 is 13.4. The molecule has 1 saturated heterocycles. The molecule has 0 saturated carbocycles. The Morgan fingerprint density at radius 1 is 1.26 bits per heavy atom. The van der Waals surface area contributed by atoms with Crippen LogP contribution in [0.5, 0.6) is 0 Å². The number of thiazole rings is 1. The molecule has 3 heterocycles. The number of hydrogen-bond acceptors (Lipinski definition) is 5. The lowest BCUT2D eigenvalue weighted by atomic mass is 9.87. The van der Waals surface area contributed by atoms with Gasteiger partial charge in [0.15, 0.2) is 0 Å². The third-order valence-corrected chi connectivity index (χ3v) is 6.97. The lowest BCUT2D eigenvalue weighted by Gasteiger charge is -2.40. The van der Waals surface area contributed by atoms with Crippen LogP contribution in [0.25, 0.3) is 10.4 Å². The Kier molecular flexibility index (Phi) is 6.62. The Morgan fingerprint density at radius 2 is 1.97 bits per heavy atom. The van der Waals surface area contributed by atoms with Crippen LogP contribution in [0.2, 0.25) is 5.02 Å². The molecule has 3 aromatic rings. The van der Waals surface area contributed by atoms with Crippen LogP contribution in [0, 0.1) is 18.7 Å². The van der Waals surface area contributed by atoms with Crippen LogP contribution in [0.1, 0.15) is 47.5 Å². The Morgan fingerprint density at radius 3 is 2.68 bits per heavy atom. The minimum atomic E-state index is -0.299. The smallest absolute Gasteiger partial charge is 0.274 e. The number of benzene rings is 1. The third-order valence-electron chi connectivity index (χ3n) is 5.76. The van der Waals surface area contributed by atoms with Crippen molar-refractivity contribution < 1.29 is 9.18 Å². The quantitative estimate of drug-likeness (QED) is 0.501. The Labute approximate surface area is 190 Å². The molecule has 8 heteroatoms. The highest BCUT2D eigenvalue weighted by Gasteiger charge is 2.34. The molecule has 0 N–H and O–H groups in total. The average molecular weight is 459 g/mol. The van der Waals surface area contributed by atoms with Gasteiger partial charge in [-0.15, -0.1) is 11.3 Å². The first-order chi connectivity index (χ1) is 14.9. The molecule has 0 unspecified atom stereocenters. The highest BCUT2D eigenvalue weighted by molar-refractivity contribution is 7.15. The van der Waals surface area contributed by atoms with Crippen LogP contribution in [-0.4, -0.2) is 38.3 Å². The number of hydrogen-bond donors (Lipinski definition) is 0. The van der Waals surface area contributed by atoms with Crippen molar-refractivity contribution in [3.63, 3.8) is 0 Å². The van der Waals surface area contributed by atoms with Crippen molar-refractivity contribution in [2.75, 3.05) is 6.54 Å². The van der Waals surface area contributed by atoms with Crippen LogP contribution in [0.15, 0.2) is 36.7 Å². The molecule has 2 atom stereocenters. The molecular formula is C23H24ClFN4OS. The molecule has 1 fully saturated rings. The van der Waals surface area contributed by atoms with Gasteiger partial charge in [0.05, 0.1) is 14.9 Å². The van der Waals surface area contributed by atoms with Crippen LogP contribution in [0.4, 0.5) is 4.39 Å². The highest BCUT2D eigenvalue weighted by Crippen LogP contribution is 2.34. The normalized spacial score (nSPS) is 18.9. The summed E-state index contributed by atoms with van der Waals surface area (Å²) in [4.78, 5) is 29.5. The summed E-state index contributed by atoms with van der Waals surface area (Å²) in [5, 5.41) is 1.33. The predicted molar refractivity (Wildman–Crippen MR) is 121 cm³/mol. The summed E-state index contributed by atoms with van der Waals surface area (Å²) in [6.45, 7) is 4.79. The summed E-state index contributed by atoms with van der Waals surface area (Å²) >= 11 is 7.35. The van der Waals surface area contributed by atoms with Crippen molar-refractivity contribution in [3.8, 4) is 10.4 Å². The van der Waals surface area contributed by atoms with Gasteiger partial charge in [0, 0.05) is 31.4 Å². The van der Waals surface area contributed by atoms with Crippen LogP contribution >= 0.6 is 22.9 Å².